The van der Waals surface area contributed by atoms with Crippen LogP contribution in [0, 0.1) is 5.92 Å². The van der Waals surface area contributed by atoms with Gasteiger partial charge in [-0.3, -0.25) is 11.3 Å². The van der Waals surface area contributed by atoms with Crippen molar-refractivity contribution in [2.75, 3.05) is 6.26 Å². The topological polar surface area (TPSA) is 72.2 Å². The van der Waals surface area contributed by atoms with Crippen molar-refractivity contribution in [2.24, 2.45) is 11.8 Å². The molecule has 0 heterocycles. The highest BCUT2D eigenvalue weighted by Crippen LogP contribution is 2.31. The van der Waals surface area contributed by atoms with Crippen molar-refractivity contribution in [1.29, 1.82) is 0 Å². The van der Waals surface area contributed by atoms with Gasteiger partial charge in [0.1, 0.15) is 0 Å². The predicted octanol–water partition coefficient (Wildman–Crippen LogP) is 0.0515. The van der Waals surface area contributed by atoms with Gasteiger partial charge in [-0.05, 0) is 25.7 Å². The summed E-state index contributed by atoms with van der Waals surface area (Å²) in [4.78, 5) is 0. The lowest BCUT2D eigenvalue weighted by molar-refractivity contribution is 0.226. The van der Waals surface area contributed by atoms with Crippen LogP contribution < -0.4 is 11.3 Å². The standard InChI is InChI=1S/C8H18N2O2S/c1-6(13(2,11)12)8(10-9)7-4-3-5-7/h6-8,10H,3-5,9H2,1-2H3. The van der Waals surface area contributed by atoms with Crippen LogP contribution in [0.1, 0.15) is 26.2 Å². The fourth-order valence-electron chi connectivity index (χ4n) is 1.72. The molecule has 0 saturated heterocycles. The van der Waals surface area contributed by atoms with E-state index in [1.54, 1.807) is 6.92 Å². The molecule has 0 aromatic rings. The second-order valence-corrected chi connectivity index (χ2v) is 6.32. The van der Waals surface area contributed by atoms with Crippen molar-refractivity contribution in [2.45, 2.75) is 37.5 Å². The van der Waals surface area contributed by atoms with Gasteiger partial charge in [-0.1, -0.05) is 6.42 Å². The normalized spacial score (nSPS) is 23.6. The fourth-order valence-corrected chi connectivity index (χ4v) is 2.55. The van der Waals surface area contributed by atoms with E-state index in [9.17, 15) is 8.42 Å². The van der Waals surface area contributed by atoms with Gasteiger partial charge in [0.25, 0.3) is 0 Å². The average molecular weight is 206 g/mol. The SMILES string of the molecule is CC(C(NN)C1CCC1)S(C)(=O)=O. The Labute approximate surface area is 79.8 Å². The third-order valence-corrected chi connectivity index (χ3v) is 4.68. The van der Waals surface area contributed by atoms with Crippen molar-refractivity contribution < 1.29 is 8.42 Å². The van der Waals surface area contributed by atoms with Crippen LogP contribution in [0.5, 0.6) is 0 Å². The van der Waals surface area contributed by atoms with Crippen molar-refractivity contribution in [1.82, 2.24) is 5.43 Å². The first-order chi connectivity index (χ1) is 5.96. The first-order valence-corrected chi connectivity index (χ1v) is 6.57. The highest BCUT2D eigenvalue weighted by molar-refractivity contribution is 7.91. The molecule has 1 aliphatic carbocycles. The Balaban J connectivity index is 2.65. The number of rotatable bonds is 4. The minimum absolute atomic E-state index is 0.0799. The second kappa shape index (κ2) is 3.94. The van der Waals surface area contributed by atoms with Crippen LogP contribution >= 0.6 is 0 Å². The highest BCUT2D eigenvalue weighted by atomic mass is 32.2. The van der Waals surface area contributed by atoms with E-state index in [0.717, 1.165) is 12.8 Å². The lowest BCUT2D eigenvalue weighted by Crippen LogP contribution is -2.52. The van der Waals surface area contributed by atoms with E-state index in [1.807, 2.05) is 0 Å². The largest absolute Gasteiger partial charge is 0.271 e. The van der Waals surface area contributed by atoms with Crippen molar-refractivity contribution >= 4 is 9.84 Å². The van der Waals surface area contributed by atoms with Gasteiger partial charge in [0.2, 0.25) is 0 Å². The zero-order valence-electron chi connectivity index (χ0n) is 8.16. The van der Waals surface area contributed by atoms with Crippen LogP contribution in [0.4, 0.5) is 0 Å². The minimum Gasteiger partial charge on any atom is -0.271 e. The van der Waals surface area contributed by atoms with Gasteiger partial charge in [0.05, 0.1) is 5.25 Å². The highest BCUT2D eigenvalue weighted by Gasteiger charge is 2.34. The summed E-state index contributed by atoms with van der Waals surface area (Å²) in [7, 11) is -2.98. The molecule has 1 rings (SSSR count). The summed E-state index contributed by atoms with van der Waals surface area (Å²) in [5.41, 5.74) is 2.63. The Morgan fingerprint density at radius 2 is 2.00 bits per heavy atom. The van der Waals surface area contributed by atoms with Gasteiger partial charge in [0.15, 0.2) is 9.84 Å². The Kier molecular flexibility index (Phi) is 3.32. The molecule has 13 heavy (non-hydrogen) atoms. The maximum atomic E-state index is 11.3. The van der Waals surface area contributed by atoms with E-state index < -0.39 is 9.84 Å². The fraction of sp³-hybridized carbons (Fsp3) is 1.00. The number of nitrogens with one attached hydrogen (secondary N) is 1. The maximum Gasteiger partial charge on any atom is 0.151 e. The van der Waals surface area contributed by atoms with Crippen LogP contribution in [0.25, 0.3) is 0 Å². The first kappa shape index (κ1) is 10.9. The molecule has 0 aromatic heterocycles. The van der Waals surface area contributed by atoms with E-state index >= 15 is 0 Å². The number of nitrogens with two attached hydrogens (primary N) is 1. The Morgan fingerprint density at radius 1 is 1.46 bits per heavy atom. The monoisotopic (exact) mass is 206 g/mol. The molecule has 0 aliphatic heterocycles. The van der Waals surface area contributed by atoms with E-state index in [1.165, 1.54) is 12.7 Å². The molecule has 2 atom stereocenters. The molecule has 0 spiro atoms. The molecular weight excluding hydrogens is 188 g/mol. The van der Waals surface area contributed by atoms with E-state index in [0.29, 0.717) is 5.92 Å². The van der Waals surface area contributed by atoms with Crippen molar-refractivity contribution in [3.63, 3.8) is 0 Å². The molecule has 2 unspecified atom stereocenters. The Bertz CT molecular complexity index is 259. The maximum absolute atomic E-state index is 11.3. The predicted molar refractivity (Wildman–Crippen MR) is 52.8 cm³/mol. The van der Waals surface area contributed by atoms with Crippen LogP contribution in [-0.2, 0) is 9.84 Å². The summed E-state index contributed by atoms with van der Waals surface area (Å²) >= 11 is 0. The lowest BCUT2D eigenvalue weighted by atomic mass is 9.79. The molecule has 1 aliphatic rings. The van der Waals surface area contributed by atoms with Crippen LogP contribution in [0.3, 0.4) is 0 Å². The number of hydrazine groups is 1. The third-order valence-electron chi connectivity index (χ3n) is 3.03. The summed E-state index contributed by atoms with van der Waals surface area (Å²) in [5, 5.41) is -0.386. The van der Waals surface area contributed by atoms with Gasteiger partial charge in [-0.25, -0.2) is 8.42 Å². The molecule has 1 saturated carbocycles. The smallest absolute Gasteiger partial charge is 0.151 e. The first-order valence-electron chi connectivity index (χ1n) is 4.62. The lowest BCUT2D eigenvalue weighted by Gasteiger charge is -2.36. The van der Waals surface area contributed by atoms with Crippen molar-refractivity contribution in [3.05, 3.63) is 0 Å². The van der Waals surface area contributed by atoms with Gasteiger partial charge in [-0.2, -0.15) is 0 Å². The molecule has 0 aromatic carbocycles. The van der Waals surface area contributed by atoms with E-state index in [2.05, 4.69) is 5.43 Å². The third kappa shape index (κ3) is 2.42. The van der Waals surface area contributed by atoms with E-state index in [4.69, 9.17) is 5.84 Å². The molecule has 78 valence electrons. The summed E-state index contributed by atoms with van der Waals surface area (Å²) < 4.78 is 22.6. The average Bonchev–Trinajstić information content (AvgIpc) is 1.93. The summed E-state index contributed by atoms with van der Waals surface area (Å²) in [6.07, 6.45) is 4.64. The molecule has 5 heteroatoms. The molecule has 0 bridgehead atoms. The van der Waals surface area contributed by atoms with Crippen LogP contribution in [0.15, 0.2) is 0 Å². The van der Waals surface area contributed by atoms with Gasteiger partial charge >= 0.3 is 0 Å². The quantitative estimate of drug-likeness (QED) is 0.503. The Hall–Kier alpha value is -0.130. The number of sulfone groups is 1. The zero-order valence-corrected chi connectivity index (χ0v) is 8.97. The van der Waals surface area contributed by atoms with Gasteiger partial charge in [0, 0.05) is 12.3 Å². The molecule has 4 nitrogen and oxygen atoms in total. The van der Waals surface area contributed by atoms with Crippen molar-refractivity contribution in [3.8, 4) is 0 Å². The molecule has 3 N–H and O–H groups in total. The second-order valence-electron chi connectivity index (χ2n) is 3.92. The summed E-state index contributed by atoms with van der Waals surface area (Å²) in [6.45, 7) is 1.72. The minimum atomic E-state index is -2.98. The number of hydrogen-bond donors (Lipinski definition) is 2. The molecule has 0 radical (unpaired) electrons. The summed E-state index contributed by atoms with van der Waals surface area (Å²) in [6, 6.07) is -0.0799. The molecular formula is C8H18N2O2S. The zero-order chi connectivity index (χ0) is 10.1. The summed E-state index contributed by atoms with van der Waals surface area (Å²) in [5.74, 6) is 5.81. The van der Waals surface area contributed by atoms with Crippen LogP contribution in [0.2, 0.25) is 0 Å². The number of hydrogen-bond acceptors (Lipinski definition) is 4. The molecule has 0 amide bonds. The van der Waals surface area contributed by atoms with Gasteiger partial charge in [-0.15, -0.1) is 0 Å². The molecule has 1 fully saturated rings. The van der Waals surface area contributed by atoms with E-state index in [-0.39, 0.29) is 11.3 Å². The Morgan fingerprint density at radius 3 is 2.23 bits per heavy atom. The van der Waals surface area contributed by atoms with Gasteiger partial charge < -0.3 is 0 Å². The van der Waals surface area contributed by atoms with Crippen LogP contribution in [-0.4, -0.2) is 26.0 Å².